The van der Waals surface area contributed by atoms with Gasteiger partial charge in [0, 0.05) is 0 Å². The lowest BCUT2D eigenvalue weighted by Gasteiger charge is -2.15. The van der Waals surface area contributed by atoms with Crippen LogP contribution in [0.4, 0.5) is 0 Å². The fourth-order valence-corrected chi connectivity index (χ4v) is 1.14. The van der Waals surface area contributed by atoms with Crippen LogP contribution in [-0.2, 0) is 19.3 Å². The Balaban J connectivity index is 2.48. The number of esters is 1. The van der Waals surface area contributed by atoms with Crippen LogP contribution in [-0.4, -0.2) is 26.0 Å². The molecule has 1 unspecified atom stereocenters. The quantitative estimate of drug-likeness (QED) is 0.234. The van der Waals surface area contributed by atoms with Gasteiger partial charge in [-0.3, -0.25) is 0 Å². The van der Waals surface area contributed by atoms with Gasteiger partial charge in [-0.2, -0.15) is 4.89 Å². The van der Waals surface area contributed by atoms with Gasteiger partial charge in [0.25, 0.3) is 0 Å². The first kappa shape index (κ1) is 14.5. The van der Waals surface area contributed by atoms with Gasteiger partial charge in [0.1, 0.15) is 5.75 Å². The molecule has 1 atom stereocenters. The fourth-order valence-electron chi connectivity index (χ4n) is 1.14. The largest absolute Gasteiger partial charge is 0.464 e. The number of rotatable bonds is 8. The van der Waals surface area contributed by atoms with Crippen LogP contribution in [0.25, 0.3) is 0 Å². The molecule has 0 saturated heterocycles. The fraction of sp³-hybridized carbons (Fsp3) is 0.462. The van der Waals surface area contributed by atoms with Crippen LogP contribution >= 0.6 is 0 Å². The summed E-state index contributed by atoms with van der Waals surface area (Å²) >= 11 is 0. The van der Waals surface area contributed by atoms with Gasteiger partial charge in [0.15, 0.2) is 0 Å². The van der Waals surface area contributed by atoms with E-state index in [0.717, 1.165) is 12.8 Å². The lowest BCUT2D eigenvalue weighted by molar-refractivity contribution is -0.355. The standard InChI is InChI=1S/C13H18O5/c1-3-4-10-16-18-13(12(14)15-2)17-11-8-6-5-7-9-11/h5-9,13H,3-4,10H2,1-2H3. The van der Waals surface area contributed by atoms with Crippen molar-refractivity contribution in [3.05, 3.63) is 30.3 Å². The zero-order chi connectivity index (χ0) is 13.2. The molecular weight excluding hydrogens is 236 g/mol. The Morgan fingerprint density at radius 3 is 2.61 bits per heavy atom. The molecule has 1 aromatic carbocycles. The highest BCUT2D eigenvalue weighted by Crippen LogP contribution is 2.12. The van der Waals surface area contributed by atoms with E-state index < -0.39 is 12.3 Å². The van der Waals surface area contributed by atoms with Gasteiger partial charge in [-0.1, -0.05) is 31.5 Å². The Hall–Kier alpha value is -1.59. The van der Waals surface area contributed by atoms with Gasteiger partial charge in [-0.15, -0.1) is 0 Å². The van der Waals surface area contributed by atoms with Crippen LogP contribution in [0.15, 0.2) is 30.3 Å². The predicted octanol–water partition coefficient (Wildman–Crippen LogP) is 2.31. The molecule has 5 heteroatoms. The van der Waals surface area contributed by atoms with E-state index in [1.165, 1.54) is 7.11 Å². The first-order valence-electron chi connectivity index (χ1n) is 5.85. The highest BCUT2D eigenvalue weighted by molar-refractivity contribution is 5.73. The molecule has 1 aromatic rings. The molecule has 0 fully saturated rings. The van der Waals surface area contributed by atoms with E-state index in [4.69, 9.17) is 14.5 Å². The van der Waals surface area contributed by atoms with Gasteiger partial charge in [0.05, 0.1) is 13.7 Å². The molecule has 0 bridgehead atoms. The van der Waals surface area contributed by atoms with E-state index in [2.05, 4.69) is 4.74 Å². The second kappa shape index (κ2) is 8.49. The summed E-state index contributed by atoms with van der Waals surface area (Å²) in [6, 6.07) is 8.86. The zero-order valence-corrected chi connectivity index (χ0v) is 10.6. The number of benzene rings is 1. The summed E-state index contributed by atoms with van der Waals surface area (Å²) in [5.74, 6) is -0.137. The van der Waals surface area contributed by atoms with E-state index in [1.807, 2.05) is 13.0 Å². The number of unbranched alkanes of at least 4 members (excludes halogenated alkanes) is 1. The molecule has 5 nitrogen and oxygen atoms in total. The number of para-hydroxylation sites is 1. The summed E-state index contributed by atoms with van der Waals surface area (Å²) in [7, 11) is 1.26. The highest BCUT2D eigenvalue weighted by atomic mass is 17.2. The summed E-state index contributed by atoms with van der Waals surface area (Å²) in [6.07, 6.45) is 0.611. The Bertz CT molecular complexity index is 338. The molecule has 0 N–H and O–H groups in total. The van der Waals surface area contributed by atoms with Crippen LogP contribution in [0.5, 0.6) is 5.75 Å². The first-order valence-corrected chi connectivity index (χ1v) is 5.85. The molecule has 0 aliphatic carbocycles. The minimum atomic E-state index is -1.21. The molecule has 1 rings (SSSR count). The van der Waals surface area contributed by atoms with Crippen molar-refractivity contribution >= 4 is 5.97 Å². The maximum absolute atomic E-state index is 11.4. The van der Waals surface area contributed by atoms with Crippen LogP contribution in [0.1, 0.15) is 19.8 Å². The number of carbonyl (C=O) groups is 1. The SMILES string of the molecule is CCCCOOC(Oc1ccccc1)C(=O)OC. The predicted molar refractivity (Wildman–Crippen MR) is 64.8 cm³/mol. The molecule has 0 radical (unpaired) electrons. The number of ether oxygens (including phenoxy) is 2. The van der Waals surface area contributed by atoms with Crippen molar-refractivity contribution in [1.29, 1.82) is 0 Å². The molecule has 0 aliphatic rings. The van der Waals surface area contributed by atoms with Crippen molar-refractivity contribution in [1.82, 2.24) is 0 Å². The average molecular weight is 254 g/mol. The second-order valence-corrected chi connectivity index (χ2v) is 3.56. The van der Waals surface area contributed by atoms with Crippen molar-refractivity contribution in [2.24, 2.45) is 0 Å². The maximum Gasteiger partial charge on any atom is 0.378 e. The summed E-state index contributed by atoms with van der Waals surface area (Å²) in [4.78, 5) is 21.2. The number of carbonyl (C=O) groups excluding carboxylic acids is 1. The number of hydrogen-bond donors (Lipinski definition) is 0. The third-order valence-corrected chi connectivity index (χ3v) is 2.12. The van der Waals surface area contributed by atoms with E-state index in [1.54, 1.807) is 24.3 Å². The maximum atomic E-state index is 11.4. The summed E-state index contributed by atoms with van der Waals surface area (Å²) in [5.41, 5.74) is 0. The molecule has 18 heavy (non-hydrogen) atoms. The van der Waals surface area contributed by atoms with E-state index >= 15 is 0 Å². The topological polar surface area (TPSA) is 54.0 Å². The van der Waals surface area contributed by atoms with Gasteiger partial charge < -0.3 is 9.47 Å². The Morgan fingerprint density at radius 1 is 1.28 bits per heavy atom. The smallest absolute Gasteiger partial charge is 0.378 e. The third kappa shape index (κ3) is 5.16. The molecule has 0 aromatic heterocycles. The summed E-state index contributed by atoms with van der Waals surface area (Å²) in [5, 5.41) is 0. The molecule has 0 heterocycles. The van der Waals surface area contributed by atoms with Gasteiger partial charge in [-0.05, 0) is 18.6 Å². The Morgan fingerprint density at radius 2 is 2.00 bits per heavy atom. The van der Waals surface area contributed by atoms with E-state index in [0.29, 0.717) is 12.4 Å². The van der Waals surface area contributed by atoms with E-state index in [9.17, 15) is 4.79 Å². The minimum Gasteiger partial charge on any atom is -0.464 e. The molecule has 100 valence electrons. The normalized spacial score (nSPS) is 11.9. The third-order valence-electron chi connectivity index (χ3n) is 2.12. The van der Waals surface area contributed by atoms with Gasteiger partial charge >= 0.3 is 12.3 Å². The molecule has 0 aliphatic heterocycles. The number of hydrogen-bond acceptors (Lipinski definition) is 5. The van der Waals surface area contributed by atoms with Crippen LogP contribution in [0.2, 0.25) is 0 Å². The van der Waals surface area contributed by atoms with Gasteiger partial charge in [0.2, 0.25) is 0 Å². The number of methoxy groups -OCH3 is 1. The lowest BCUT2D eigenvalue weighted by Crippen LogP contribution is -2.31. The van der Waals surface area contributed by atoms with Crippen LogP contribution in [0.3, 0.4) is 0 Å². The van der Waals surface area contributed by atoms with Crippen molar-refractivity contribution in [3.63, 3.8) is 0 Å². The highest BCUT2D eigenvalue weighted by Gasteiger charge is 2.23. The Labute approximate surface area is 107 Å². The summed E-state index contributed by atoms with van der Waals surface area (Å²) in [6.45, 7) is 2.43. The molecule has 0 amide bonds. The monoisotopic (exact) mass is 254 g/mol. The zero-order valence-electron chi connectivity index (χ0n) is 10.6. The van der Waals surface area contributed by atoms with Gasteiger partial charge in [-0.25, -0.2) is 9.68 Å². The van der Waals surface area contributed by atoms with Crippen molar-refractivity contribution in [2.75, 3.05) is 13.7 Å². The summed E-state index contributed by atoms with van der Waals surface area (Å²) < 4.78 is 9.90. The Kier molecular flexibility index (Phi) is 6.83. The molecule has 0 spiro atoms. The first-order chi connectivity index (χ1) is 8.77. The molecular formula is C13H18O5. The lowest BCUT2D eigenvalue weighted by atomic mass is 10.3. The van der Waals surface area contributed by atoms with Crippen LogP contribution < -0.4 is 4.74 Å². The van der Waals surface area contributed by atoms with E-state index in [-0.39, 0.29) is 0 Å². The second-order valence-electron chi connectivity index (χ2n) is 3.56. The minimum absolute atomic E-state index is 0.405. The van der Waals surface area contributed by atoms with Crippen molar-refractivity contribution in [3.8, 4) is 5.75 Å². The van der Waals surface area contributed by atoms with Crippen LogP contribution in [0, 0.1) is 0 Å². The molecule has 0 saturated carbocycles. The average Bonchev–Trinajstić information content (AvgIpc) is 2.42. The van der Waals surface area contributed by atoms with Crippen molar-refractivity contribution in [2.45, 2.75) is 26.1 Å². The van der Waals surface area contributed by atoms with Crippen molar-refractivity contribution < 1.29 is 24.0 Å².